The number of carbonyl (C=O) groups excluding carboxylic acids is 1. The molecule has 0 aliphatic heterocycles. The van der Waals surface area contributed by atoms with Gasteiger partial charge in [-0.1, -0.05) is 78.6 Å². The maximum atomic E-state index is 12.2. The van der Waals surface area contributed by atoms with Gasteiger partial charge in [0, 0.05) is 0 Å². The van der Waals surface area contributed by atoms with Crippen LogP contribution in [0.4, 0.5) is 0 Å². The lowest BCUT2D eigenvalue weighted by atomic mass is 10.0. The molecule has 0 radical (unpaired) electrons. The normalized spacial score (nSPS) is 10.0. The number of allylic oxidation sites excluding steroid dienone is 1. The first-order chi connectivity index (χ1) is 13.8. The molecule has 0 atom stereocenters. The number of nitrogens with one attached hydrogen (secondary N) is 1. The van der Waals surface area contributed by atoms with Crippen LogP contribution in [0.1, 0.15) is 11.1 Å². The van der Waals surface area contributed by atoms with Crippen molar-refractivity contribution in [3.05, 3.63) is 90.5 Å². The Balaban J connectivity index is 1.47. The number of ether oxygens (including phenoxy) is 1. The van der Waals surface area contributed by atoms with E-state index in [0.29, 0.717) is 13.0 Å². The molecule has 3 aromatic carbocycles. The van der Waals surface area contributed by atoms with E-state index in [9.17, 15) is 4.79 Å². The monoisotopic (exact) mass is 369 g/mol. The van der Waals surface area contributed by atoms with E-state index in [1.165, 1.54) is 0 Å². The number of hydrogen-bond donors (Lipinski definition) is 1. The molecule has 0 unspecified atom stereocenters. The summed E-state index contributed by atoms with van der Waals surface area (Å²) >= 11 is 0. The molecule has 0 aliphatic rings. The van der Waals surface area contributed by atoms with Crippen molar-refractivity contribution in [2.75, 3.05) is 13.2 Å². The molecule has 3 rings (SSSR count). The molecule has 28 heavy (non-hydrogen) atoms. The Kier molecular flexibility index (Phi) is 6.87. The second kappa shape index (κ2) is 9.99. The fraction of sp³-hybridized carbons (Fsp3) is 0.160. The van der Waals surface area contributed by atoms with Crippen LogP contribution in [0.5, 0.6) is 5.75 Å². The highest BCUT2D eigenvalue weighted by Crippen LogP contribution is 2.19. The largest absolute Gasteiger partial charge is 0.481 e. The molecule has 0 aliphatic carbocycles. The summed E-state index contributed by atoms with van der Waals surface area (Å²) in [4.78, 5) is 12.2. The second-order valence-corrected chi connectivity index (χ2v) is 6.33. The van der Waals surface area contributed by atoms with Crippen molar-refractivity contribution in [3.63, 3.8) is 0 Å². The third-order valence-electron chi connectivity index (χ3n) is 4.37. The Bertz CT molecular complexity index is 1020. The predicted molar refractivity (Wildman–Crippen MR) is 114 cm³/mol. The SMILES string of the molecule is C=CCc1ccccc1OCC#CCNC(=O)Cc1cccc2ccccc12. The summed E-state index contributed by atoms with van der Waals surface area (Å²) in [7, 11) is 0. The van der Waals surface area contributed by atoms with Crippen LogP contribution in [-0.4, -0.2) is 19.1 Å². The standard InChI is InChI=1S/C25H23NO2/c1-2-10-21-12-4-6-16-24(21)28-18-8-7-17-26-25(27)19-22-14-9-13-20-11-3-5-15-23(20)22/h2-6,9,11-16H,1,10,17-19H2,(H,26,27). The highest BCUT2D eigenvalue weighted by Gasteiger charge is 2.05. The Morgan fingerprint density at radius 1 is 0.964 bits per heavy atom. The van der Waals surface area contributed by atoms with Gasteiger partial charge >= 0.3 is 0 Å². The molecule has 0 fully saturated rings. The van der Waals surface area contributed by atoms with Gasteiger partial charge in [-0.15, -0.1) is 6.58 Å². The van der Waals surface area contributed by atoms with Crippen LogP contribution in [0.3, 0.4) is 0 Å². The van der Waals surface area contributed by atoms with E-state index < -0.39 is 0 Å². The summed E-state index contributed by atoms with van der Waals surface area (Å²) in [5.74, 6) is 6.65. The first-order valence-corrected chi connectivity index (χ1v) is 9.28. The third kappa shape index (κ3) is 5.25. The quantitative estimate of drug-likeness (QED) is 0.498. The molecule has 0 saturated carbocycles. The summed E-state index contributed by atoms with van der Waals surface area (Å²) in [6.07, 6.45) is 2.95. The predicted octanol–water partition coefficient (Wildman–Crippen LogP) is 4.31. The van der Waals surface area contributed by atoms with Gasteiger partial charge in [0.25, 0.3) is 0 Å². The van der Waals surface area contributed by atoms with Crippen LogP contribution >= 0.6 is 0 Å². The van der Waals surface area contributed by atoms with E-state index in [2.05, 4.69) is 35.9 Å². The van der Waals surface area contributed by atoms with E-state index >= 15 is 0 Å². The van der Waals surface area contributed by atoms with Crippen molar-refractivity contribution in [1.82, 2.24) is 5.32 Å². The maximum Gasteiger partial charge on any atom is 0.225 e. The molecule has 3 nitrogen and oxygen atoms in total. The average molecular weight is 369 g/mol. The van der Waals surface area contributed by atoms with Gasteiger partial charge in [-0.3, -0.25) is 4.79 Å². The fourth-order valence-electron chi connectivity index (χ4n) is 3.02. The van der Waals surface area contributed by atoms with Crippen LogP contribution in [0.15, 0.2) is 79.4 Å². The average Bonchev–Trinajstić information content (AvgIpc) is 2.72. The van der Waals surface area contributed by atoms with Crippen LogP contribution < -0.4 is 10.1 Å². The van der Waals surface area contributed by atoms with Gasteiger partial charge in [0.2, 0.25) is 5.91 Å². The zero-order valence-electron chi connectivity index (χ0n) is 15.8. The summed E-state index contributed by atoms with van der Waals surface area (Å²) < 4.78 is 5.71. The first kappa shape index (κ1) is 19.3. The number of carbonyl (C=O) groups is 1. The van der Waals surface area contributed by atoms with Gasteiger partial charge in [-0.25, -0.2) is 0 Å². The number of fused-ring (bicyclic) bond motifs is 1. The minimum atomic E-state index is -0.0390. The number of para-hydroxylation sites is 1. The van der Waals surface area contributed by atoms with Gasteiger partial charge < -0.3 is 10.1 Å². The second-order valence-electron chi connectivity index (χ2n) is 6.33. The lowest BCUT2D eigenvalue weighted by Gasteiger charge is -2.07. The van der Waals surface area contributed by atoms with Gasteiger partial charge in [-0.05, 0) is 34.4 Å². The molecule has 0 aromatic heterocycles. The summed E-state index contributed by atoms with van der Waals surface area (Å²) in [5, 5.41) is 5.09. The summed E-state index contributed by atoms with van der Waals surface area (Å²) in [5.41, 5.74) is 2.11. The lowest BCUT2D eigenvalue weighted by molar-refractivity contribution is -0.120. The van der Waals surface area contributed by atoms with Crippen LogP contribution in [0, 0.1) is 11.8 Å². The Morgan fingerprint density at radius 2 is 1.71 bits per heavy atom. The molecular formula is C25H23NO2. The Labute approximate surface area is 166 Å². The van der Waals surface area contributed by atoms with Crippen molar-refractivity contribution < 1.29 is 9.53 Å². The highest BCUT2D eigenvalue weighted by atomic mass is 16.5. The van der Waals surface area contributed by atoms with Crippen molar-refractivity contribution >= 4 is 16.7 Å². The zero-order valence-corrected chi connectivity index (χ0v) is 15.8. The van der Waals surface area contributed by atoms with Crippen molar-refractivity contribution in [2.24, 2.45) is 0 Å². The van der Waals surface area contributed by atoms with Gasteiger partial charge in [-0.2, -0.15) is 0 Å². The van der Waals surface area contributed by atoms with Crippen LogP contribution in [-0.2, 0) is 17.6 Å². The van der Waals surface area contributed by atoms with E-state index in [0.717, 1.165) is 34.1 Å². The van der Waals surface area contributed by atoms with Crippen LogP contribution in [0.25, 0.3) is 10.8 Å². The summed E-state index contributed by atoms with van der Waals surface area (Å²) in [6.45, 7) is 4.35. The molecule has 3 heteroatoms. The molecule has 0 saturated heterocycles. The first-order valence-electron chi connectivity index (χ1n) is 9.28. The highest BCUT2D eigenvalue weighted by molar-refractivity contribution is 5.90. The number of benzene rings is 3. The molecule has 1 N–H and O–H groups in total. The van der Waals surface area contributed by atoms with E-state index in [1.807, 2.05) is 60.7 Å². The zero-order chi connectivity index (χ0) is 19.6. The van der Waals surface area contributed by atoms with Crippen LogP contribution in [0.2, 0.25) is 0 Å². The molecule has 0 spiro atoms. The minimum absolute atomic E-state index is 0.0390. The van der Waals surface area contributed by atoms with Gasteiger partial charge in [0.1, 0.15) is 12.4 Å². The van der Waals surface area contributed by atoms with Gasteiger partial charge in [0.05, 0.1) is 13.0 Å². The Hall–Kier alpha value is -3.51. The van der Waals surface area contributed by atoms with E-state index in [1.54, 1.807) is 0 Å². The van der Waals surface area contributed by atoms with E-state index in [-0.39, 0.29) is 12.5 Å². The molecule has 140 valence electrons. The van der Waals surface area contributed by atoms with E-state index in [4.69, 9.17) is 4.74 Å². The number of hydrogen-bond acceptors (Lipinski definition) is 2. The minimum Gasteiger partial charge on any atom is -0.481 e. The molecule has 3 aromatic rings. The molecule has 1 amide bonds. The topological polar surface area (TPSA) is 38.3 Å². The lowest BCUT2D eigenvalue weighted by Crippen LogP contribution is -2.25. The molecular weight excluding hydrogens is 346 g/mol. The third-order valence-corrected chi connectivity index (χ3v) is 4.37. The van der Waals surface area contributed by atoms with Gasteiger partial charge in [0.15, 0.2) is 0 Å². The molecule has 0 bridgehead atoms. The number of rotatable bonds is 7. The maximum absolute atomic E-state index is 12.2. The Morgan fingerprint density at radius 3 is 2.61 bits per heavy atom. The number of amides is 1. The van der Waals surface area contributed by atoms with Crippen molar-refractivity contribution in [1.29, 1.82) is 0 Å². The smallest absolute Gasteiger partial charge is 0.225 e. The summed E-state index contributed by atoms with van der Waals surface area (Å²) in [6, 6.07) is 21.9. The fourth-order valence-corrected chi connectivity index (χ4v) is 3.02. The van der Waals surface area contributed by atoms with Crippen molar-refractivity contribution in [3.8, 4) is 17.6 Å². The van der Waals surface area contributed by atoms with Crippen molar-refractivity contribution in [2.45, 2.75) is 12.8 Å². The molecule has 0 heterocycles.